The lowest BCUT2D eigenvalue weighted by atomic mass is 9.75. The molecule has 4 rings (SSSR count). The van der Waals surface area contributed by atoms with Gasteiger partial charge in [0.05, 0.1) is 31.7 Å². The summed E-state index contributed by atoms with van der Waals surface area (Å²) in [4.78, 5) is 41.3. The minimum absolute atomic E-state index is 0.0212. The molecule has 0 spiro atoms. The minimum atomic E-state index is -1.58. The molecule has 0 unspecified atom stereocenters. The Morgan fingerprint density at radius 3 is 2.30 bits per heavy atom. The van der Waals surface area contributed by atoms with Crippen molar-refractivity contribution < 1.29 is 29.0 Å². The quantitative estimate of drug-likeness (QED) is 0.622. The number of para-hydroxylation sites is 2. The van der Waals surface area contributed by atoms with E-state index in [9.17, 15) is 19.5 Å². The molecule has 4 atom stereocenters. The minimum Gasteiger partial charge on any atom is -0.497 e. The summed E-state index contributed by atoms with van der Waals surface area (Å²) in [6.07, 6.45) is 0.203. The van der Waals surface area contributed by atoms with Gasteiger partial charge in [-0.25, -0.2) is 4.90 Å². The molecule has 2 fully saturated rings. The van der Waals surface area contributed by atoms with Crippen molar-refractivity contribution in [3.63, 3.8) is 0 Å². The van der Waals surface area contributed by atoms with Crippen molar-refractivity contribution in [3.8, 4) is 11.5 Å². The van der Waals surface area contributed by atoms with Crippen LogP contribution in [0.5, 0.6) is 11.5 Å². The van der Waals surface area contributed by atoms with E-state index in [1.165, 1.54) is 7.11 Å². The molecule has 0 bridgehead atoms. The van der Waals surface area contributed by atoms with Crippen LogP contribution in [0.15, 0.2) is 48.5 Å². The Morgan fingerprint density at radius 1 is 1.06 bits per heavy atom. The summed E-state index contributed by atoms with van der Waals surface area (Å²) in [5, 5.41) is 13.6. The van der Waals surface area contributed by atoms with Crippen LogP contribution in [0.3, 0.4) is 0 Å². The van der Waals surface area contributed by atoms with Crippen molar-refractivity contribution in [2.45, 2.75) is 31.8 Å². The molecule has 2 heterocycles. The topological polar surface area (TPSA) is 105 Å². The standard InChI is InChI=1S/C25H28N2O6/c1-14(2)13-25(24(30)31)20-19(21(26-25)15-9-11-16(32-3)12-10-15)22(28)27(23(20)29)17-7-5-6-8-18(17)33-4/h5-12,14,19-21,26H,13H2,1-4H3,(H,30,31)/t19-,20-,21-,25-/m0/s1. The third kappa shape index (κ3) is 3.54. The number of aliphatic carboxylic acids is 1. The molecule has 0 aliphatic carbocycles. The average molecular weight is 453 g/mol. The van der Waals surface area contributed by atoms with E-state index >= 15 is 0 Å². The van der Waals surface area contributed by atoms with Gasteiger partial charge in [0.2, 0.25) is 11.8 Å². The summed E-state index contributed by atoms with van der Waals surface area (Å²) in [6.45, 7) is 3.81. The average Bonchev–Trinajstić information content (AvgIpc) is 3.27. The van der Waals surface area contributed by atoms with Crippen LogP contribution in [-0.2, 0) is 14.4 Å². The predicted molar refractivity (Wildman–Crippen MR) is 121 cm³/mol. The normalized spacial score (nSPS) is 26.6. The Bertz CT molecular complexity index is 1080. The van der Waals surface area contributed by atoms with Gasteiger partial charge in [-0.15, -0.1) is 0 Å². The smallest absolute Gasteiger partial charge is 0.324 e. The molecular weight excluding hydrogens is 424 g/mol. The Labute approximate surface area is 192 Å². The SMILES string of the molecule is COc1ccc([C@@H]2N[C@](CC(C)C)(C(=O)O)[C@@H]3C(=O)N(c4ccccc4OC)C(=O)[C@@H]32)cc1. The number of rotatable bonds is 7. The number of ether oxygens (including phenoxy) is 2. The molecule has 2 aliphatic rings. The molecule has 2 aromatic carbocycles. The lowest BCUT2D eigenvalue weighted by Crippen LogP contribution is -2.56. The lowest BCUT2D eigenvalue weighted by Gasteiger charge is -2.32. The molecule has 8 nitrogen and oxygen atoms in total. The zero-order valence-corrected chi connectivity index (χ0v) is 19.1. The molecule has 8 heteroatoms. The maximum Gasteiger partial charge on any atom is 0.324 e. The largest absolute Gasteiger partial charge is 0.497 e. The summed E-state index contributed by atoms with van der Waals surface area (Å²) in [7, 11) is 3.02. The highest BCUT2D eigenvalue weighted by Crippen LogP contribution is 2.52. The molecule has 174 valence electrons. The fourth-order valence-corrected chi connectivity index (χ4v) is 5.27. The van der Waals surface area contributed by atoms with Gasteiger partial charge in [-0.3, -0.25) is 19.7 Å². The number of hydrogen-bond acceptors (Lipinski definition) is 6. The van der Waals surface area contributed by atoms with Crippen LogP contribution in [0.25, 0.3) is 0 Å². The van der Waals surface area contributed by atoms with Crippen LogP contribution < -0.4 is 19.7 Å². The number of methoxy groups -OCH3 is 2. The van der Waals surface area contributed by atoms with Crippen LogP contribution in [0.1, 0.15) is 31.9 Å². The second kappa shape index (κ2) is 8.51. The van der Waals surface area contributed by atoms with E-state index in [1.807, 2.05) is 13.8 Å². The fraction of sp³-hybridized carbons (Fsp3) is 0.400. The number of carboxylic acids is 1. The first-order valence-electron chi connectivity index (χ1n) is 10.9. The first-order chi connectivity index (χ1) is 15.7. The number of nitrogens with one attached hydrogen (secondary N) is 1. The first-order valence-corrected chi connectivity index (χ1v) is 10.9. The van der Waals surface area contributed by atoms with Crippen LogP contribution in [0.2, 0.25) is 0 Å². The number of anilines is 1. The molecule has 2 N–H and O–H groups in total. The van der Waals surface area contributed by atoms with Crippen LogP contribution in [0.4, 0.5) is 5.69 Å². The third-order valence-corrected chi connectivity index (χ3v) is 6.57. The zero-order chi connectivity index (χ0) is 23.9. The molecule has 0 saturated carbocycles. The third-order valence-electron chi connectivity index (χ3n) is 6.57. The Hall–Kier alpha value is -3.39. The second-order valence-corrected chi connectivity index (χ2v) is 8.96. The predicted octanol–water partition coefficient (Wildman–Crippen LogP) is 3.02. The molecule has 2 aliphatic heterocycles. The number of carbonyl (C=O) groups excluding carboxylic acids is 2. The number of fused-ring (bicyclic) bond motifs is 1. The van der Waals surface area contributed by atoms with Crippen molar-refractivity contribution in [2.75, 3.05) is 19.1 Å². The summed E-state index contributed by atoms with van der Waals surface area (Å²) >= 11 is 0. The number of benzene rings is 2. The Kier molecular flexibility index (Phi) is 5.88. The Balaban J connectivity index is 1.87. The van der Waals surface area contributed by atoms with Gasteiger partial charge >= 0.3 is 5.97 Å². The first kappa shape index (κ1) is 22.8. The van der Waals surface area contributed by atoms with Gasteiger partial charge in [-0.05, 0) is 42.2 Å². The van der Waals surface area contributed by atoms with Gasteiger partial charge in [-0.2, -0.15) is 0 Å². The second-order valence-electron chi connectivity index (χ2n) is 8.96. The Morgan fingerprint density at radius 2 is 1.73 bits per heavy atom. The molecular formula is C25H28N2O6. The van der Waals surface area contributed by atoms with Gasteiger partial charge in [0.15, 0.2) is 0 Å². The molecule has 0 radical (unpaired) electrons. The highest BCUT2D eigenvalue weighted by Gasteiger charge is 2.68. The molecule has 2 amide bonds. The van der Waals surface area contributed by atoms with Gasteiger partial charge < -0.3 is 14.6 Å². The van der Waals surface area contributed by atoms with E-state index in [2.05, 4.69) is 5.32 Å². The van der Waals surface area contributed by atoms with Crippen LogP contribution >= 0.6 is 0 Å². The van der Waals surface area contributed by atoms with Crippen LogP contribution in [-0.4, -0.2) is 42.6 Å². The maximum atomic E-state index is 13.8. The number of amides is 2. The summed E-state index contributed by atoms with van der Waals surface area (Å²) in [6, 6.07) is 13.2. The number of imide groups is 1. The molecule has 2 aromatic rings. The van der Waals surface area contributed by atoms with Gasteiger partial charge in [0.25, 0.3) is 0 Å². The van der Waals surface area contributed by atoms with Crippen molar-refractivity contribution in [1.82, 2.24) is 5.32 Å². The number of nitrogens with zero attached hydrogens (tertiary/aromatic N) is 1. The van der Waals surface area contributed by atoms with E-state index in [4.69, 9.17) is 9.47 Å². The van der Waals surface area contributed by atoms with Crippen molar-refractivity contribution in [2.24, 2.45) is 17.8 Å². The number of carboxylic acid groups (broad SMARTS) is 1. The zero-order valence-electron chi connectivity index (χ0n) is 19.1. The van der Waals surface area contributed by atoms with Crippen molar-refractivity contribution >= 4 is 23.5 Å². The van der Waals surface area contributed by atoms with E-state index < -0.39 is 41.2 Å². The highest BCUT2D eigenvalue weighted by atomic mass is 16.5. The summed E-state index contributed by atoms with van der Waals surface area (Å²) < 4.78 is 10.6. The van der Waals surface area contributed by atoms with Crippen LogP contribution in [0, 0.1) is 17.8 Å². The van der Waals surface area contributed by atoms with Gasteiger partial charge in [0.1, 0.15) is 17.0 Å². The number of carbonyl (C=O) groups is 3. The van der Waals surface area contributed by atoms with Gasteiger partial charge in [0, 0.05) is 6.04 Å². The monoisotopic (exact) mass is 452 g/mol. The van der Waals surface area contributed by atoms with Crippen molar-refractivity contribution in [1.29, 1.82) is 0 Å². The van der Waals surface area contributed by atoms with E-state index in [1.54, 1.807) is 55.6 Å². The maximum absolute atomic E-state index is 13.8. The molecule has 33 heavy (non-hydrogen) atoms. The highest BCUT2D eigenvalue weighted by molar-refractivity contribution is 6.24. The summed E-state index contributed by atoms with van der Waals surface area (Å²) in [5.74, 6) is -3.02. The van der Waals surface area contributed by atoms with E-state index in [0.717, 1.165) is 10.5 Å². The van der Waals surface area contributed by atoms with Gasteiger partial charge in [-0.1, -0.05) is 38.1 Å². The fourth-order valence-electron chi connectivity index (χ4n) is 5.27. The van der Waals surface area contributed by atoms with E-state index in [-0.39, 0.29) is 12.3 Å². The summed E-state index contributed by atoms with van der Waals surface area (Å²) in [5.41, 5.74) is -0.533. The van der Waals surface area contributed by atoms with Crippen molar-refractivity contribution in [3.05, 3.63) is 54.1 Å². The molecule has 2 saturated heterocycles. The lowest BCUT2D eigenvalue weighted by molar-refractivity contribution is -0.149. The number of hydrogen-bond donors (Lipinski definition) is 2. The van der Waals surface area contributed by atoms with E-state index in [0.29, 0.717) is 17.2 Å². The molecule has 0 aromatic heterocycles.